The molecule has 0 unspecified atom stereocenters. The van der Waals surface area contributed by atoms with Gasteiger partial charge in [-0.05, 0) is 31.0 Å². The molecule has 2 rings (SSSR count). The Balaban J connectivity index is 2.11. The van der Waals surface area contributed by atoms with E-state index in [0.29, 0.717) is 23.6 Å². The number of likely N-dealkylation sites (tertiary alicyclic amines) is 1. The highest BCUT2D eigenvalue weighted by Gasteiger charge is 2.28. The summed E-state index contributed by atoms with van der Waals surface area (Å²) in [6, 6.07) is 6.72. The fourth-order valence-electron chi connectivity index (χ4n) is 2.17. The zero-order valence-electron chi connectivity index (χ0n) is 9.80. The van der Waals surface area contributed by atoms with Crippen LogP contribution in [0.15, 0.2) is 24.3 Å². The van der Waals surface area contributed by atoms with Gasteiger partial charge in [0.05, 0.1) is 5.92 Å². The molecule has 1 heterocycles. The van der Waals surface area contributed by atoms with Gasteiger partial charge >= 0.3 is 5.97 Å². The molecule has 0 spiro atoms. The zero-order valence-corrected chi connectivity index (χ0v) is 10.6. The van der Waals surface area contributed by atoms with Crippen molar-refractivity contribution in [3.05, 3.63) is 34.9 Å². The van der Waals surface area contributed by atoms with Crippen molar-refractivity contribution in [2.24, 2.45) is 5.92 Å². The molecule has 1 aromatic carbocycles. The lowest BCUT2D eigenvalue weighted by molar-refractivity contribution is -0.143. The Labute approximate surface area is 110 Å². The van der Waals surface area contributed by atoms with E-state index in [1.54, 1.807) is 29.2 Å². The van der Waals surface area contributed by atoms with Crippen LogP contribution < -0.4 is 0 Å². The summed E-state index contributed by atoms with van der Waals surface area (Å²) in [6.07, 6.45) is 1.36. The van der Waals surface area contributed by atoms with Gasteiger partial charge in [-0.15, -0.1) is 0 Å². The standard InChI is InChI=1S/C13H14ClNO3/c14-11-5-1-3-9(7-11)12(16)15-6-2-4-10(8-15)13(17)18/h1,3,5,7,10H,2,4,6,8H2,(H,17,18)/t10-/m1/s1. The van der Waals surface area contributed by atoms with Gasteiger partial charge in [-0.3, -0.25) is 9.59 Å². The first-order chi connectivity index (χ1) is 8.58. The van der Waals surface area contributed by atoms with Crippen molar-refractivity contribution in [1.82, 2.24) is 4.90 Å². The Bertz CT molecular complexity index is 475. The summed E-state index contributed by atoms with van der Waals surface area (Å²) in [4.78, 5) is 24.7. The fourth-order valence-corrected chi connectivity index (χ4v) is 2.36. The van der Waals surface area contributed by atoms with Gasteiger partial charge in [0.1, 0.15) is 0 Å². The number of amides is 1. The topological polar surface area (TPSA) is 57.6 Å². The molecule has 1 aromatic rings. The van der Waals surface area contributed by atoms with Gasteiger partial charge in [-0.1, -0.05) is 17.7 Å². The normalized spacial score (nSPS) is 19.6. The molecule has 0 aliphatic carbocycles. The number of carboxylic acid groups (broad SMARTS) is 1. The van der Waals surface area contributed by atoms with Gasteiger partial charge in [0, 0.05) is 23.7 Å². The van der Waals surface area contributed by atoms with Crippen molar-refractivity contribution < 1.29 is 14.7 Å². The number of carbonyl (C=O) groups excluding carboxylic acids is 1. The monoisotopic (exact) mass is 267 g/mol. The Morgan fingerprint density at radius 1 is 1.39 bits per heavy atom. The number of benzene rings is 1. The smallest absolute Gasteiger partial charge is 0.308 e. The zero-order chi connectivity index (χ0) is 13.1. The van der Waals surface area contributed by atoms with Gasteiger partial charge in [-0.25, -0.2) is 0 Å². The summed E-state index contributed by atoms with van der Waals surface area (Å²) < 4.78 is 0. The van der Waals surface area contributed by atoms with Gasteiger partial charge in [-0.2, -0.15) is 0 Å². The first-order valence-electron chi connectivity index (χ1n) is 5.85. The number of carbonyl (C=O) groups is 2. The summed E-state index contributed by atoms with van der Waals surface area (Å²) in [5.41, 5.74) is 0.508. The molecule has 0 radical (unpaired) electrons. The van der Waals surface area contributed by atoms with Gasteiger partial charge in [0.25, 0.3) is 5.91 Å². The highest BCUT2D eigenvalue weighted by atomic mass is 35.5. The van der Waals surface area contributed by atoms with Gasteiger partial charge in [0.2, 0.25) is 0 Å². The number of halogens is 1. The second-order valence-electron chi connectivity index (χ2n) is 4.44. The molecule has 1 atom stereocenters. The van der Waals surface area contributed by atoms with E-state index < -0.39 is 11.9 Å². The second-order valence-corrected chi connectivity index (χ2v) is 4.88. The second kappa shape index (κ2) is 5.40. The maximum Gasteiger partial charge on any atom is 0.308 e. The van der Waals surface area contributed by atoms with Crippen molar-refractivity contribution in [3.63, 3.8) is 0 Å². The summed E-state index contributed by atoms with van der Waals surface area (Å²) in [6.45, 7) is 0.885. The van der Waals surface area contributed by atoms with Crippen molar-refractivity contribution in [2.75, 3.05) is 13.1 Å². The largest absolute Gasteiger partial charge is 0.481 e. The first-order valence-corrected chi connectivity index (χ1v) is 6.23. The van der Waals surface area contributed by atoms with E-state index in [1.807, 2.05) is 0 Å². The van der Waals surface area contributed by atoms with Crippen LogP contribution in [0.3, 0.4) is 0 Å². The Morgan fingerprint density at radius 3 is 2.83 bits per heavy atom. The van der Waals surface area contributed by atoms with Gasteiger partial charge in [0.15, 0.2) is 0 Å². The van der Waals surface area contributed by atoms with Crippen LogP contribution >= 0.6 is 11.6 Å². The predicted molar refractivity (Wildman–Crippen MR) is 67.7 cm³/mol. The average molecular weight is 268 g/mol. The molecule has 1 aliphatic rings. The van der Waals surface area contributed by atoms with Crippen molar-refractivity contribution in [2.45, 2.75) is 12.8 Å². The number of nitrogens with zero attached hydrogens (tertiary/aromatic N) is 1. The fraction of sp³-hybridized carbons (Fsp3) is 0.385. The number of rotatable bonds is 2. The van der Waals surface area contributed by atoms with Crippen LogP contribution in [0.1, 0.15) is 23.2 Å². The molecule has 1 fully saturated rings. The van der Waals surface area contributed by atoms with Crippen LogP contribution in [0.5, 0.6) is 0 Å². The van der Waals surface area contributed by atoms with Crippen LogP contribution in [0.25, 0.3) is 0 Å². The van der Waals surface area contributed by atoms with E-state index in [9.17, 15) is 9.59 Å². The molecule has 0 bridgehead atoms. The Kier molecular flexibility index (Phi) is 3.87. The van der Waals surface area contributed by atoms with Gasteiger partial charge < -0.3 is 10.0 Å². The minimum Gasteiger partial charge on any atom is -0.481 e. The van der Waals surface area contributed by atoms with E-state index in [2.05, 4.69) is 0 Å². The number of carboxylic acids is 1. The van der Waals surface area contributed by atoms with Crippen LogP contribution in [-0.4, -0.2) is 35.0 Å². The summed E-state index contributed by atoms with van der Waals surface area (Å²) in [5, 5.41) is 9.50. The highest BCUT2D eigenvalue weighted by molar-refractivity contribution is 6.30. The lowest BCUT2D eigenvalue weighted by Crippen LogP contribution is -2.42. The summed E-state index contributed by atoms with van der Waals surface area (Å²) >= 11 is 5.84. The number of aliphatic carboxylic acids is 1. The molecule has 18 heavy (non-hydrogen) atoms. The number of hydrogen-bond acceptors (Lipinski definition) is 2. The third-order valence-electron chi connectivity index (χ3n) is 3.13. The maximum atomic E-state index is 12.2. The lowest BCUT2D eigenvalue weighted by Gasteiger charge is -2.30. The molecule has 0 aromatic heterocycles. The minimum atomic E-state index is -0.835. The quantitative estimate of drug-likeness (QED) is 0.894. The summed E-state index contributed by atoms with van der Waals surface area (Å²) in [5.74, 6) is -1.44. The Hall–Kier alpha value is -1.55. The highest BCUT2D eigenvalue weighted by Crippen LogP contribution is 2.20. The molecule has 5 heteroatoms. The molecular formula is C13H14ClNO3. The van der Waals surface area contributed by atoms with E-state index in [0.717, 1.165) is 6.42 Å². The first kappa shape index (κ1) is 12.9. The average Bonchev–Trinajstić information content (AvgIpc) is 2.38. The number of piperidine rings is 1. The molecule has 1 aliphatic heterocycles. The van der Waals surface area contributed by atoms with Crippen molar-refractivity contribution in [3.8, 4) is 0 Å². The maximum absolute atomic E-state index is 12.2. The third kappa shape index (κ3) is 2.82. The lowest BCUT2D eigenvalue weighted by atomic mass is 9.97. The predicted octanol–water partition coefficient (Wildman–Crippen LogP) is 2.28. The Morgan fingerprint density at radius 2 is 2.17 bits per heavy atom. The molecular weight excluding hydrogens is 254 g/mol. The molecule has 0 saturated carbocycles. The molecule has 4 nitrogen and oxygen atoms in total. The van der Waals surface area contributed by atoms with Crippen molar-refractivity contribution >= 4 is 23.5 Å². The van der Waals surface area contributed by atoms with Crippen LogP contribution in [0, 0.1) is 5.92 Å². The third-order valence-corrected chi connectivity index (χ3v) is 3.36. The molecule has 1 amide bonds. The van der Waals surface area contributed by atoms with E-state index in [-0.39, 0.29) is 12.5 Å². The van der Waals surface area contributed by atoms with Crippen LogP contribution in [0.2, 0.25) is 5.02 Å². The van der Waals surface area contributed by atoms with Crippen LogP contribution in [0.4, 0.5) is 0 Å². The molecule has 1 N–H and O–H groups in total. The summed E-state index contributed by atoms with van der Waals surface area (Å²) in [7, 11) is 0. The van der Waals surface area contributed by atoms with E-state index in [4.69, 9.17) is 16.7 Å². The van der Waals surface area contributed by atoms with E-state index in [1.165, 1.54) is 0 Å². The number of hydrogen-bond donors (Lipinski definition) is 1. The SMILES string of the molecule is O=C(O)[C@@H]1CCCN(C(=O)c2cccc(Cl)c2)C1. The van der Waals surface area contributed by atoms with E-state index >= 15 is 0 Å². The molecule has 96 valence electrons. The minimum absolute atomic E-state index is 0.150. The van der Waals surface area contributed by atoms with Crippen molar-refractivity contribution in [1.29, 1.82) is 0 Å². The molecule has 1 saturated heterocycles. The van der Waals surface area contributed by atoms with Crippen LogP contribution in [-0.2, 0) is 4.79 Å².